The van der Waals surface area contributed by atoms with Gasteiger partial charge < -0.3 is 4.98 Å². The van der Waals surface area contributed by atoms with Crippen molar-refractivity contribution in [3.05, 3.63) is 30.1 Å². The molecule has 0 aromatic carbocycles. The van der Waals surface area contributed by atoms with Gasteiger partial charge in [-0.15, -0.1) is 0 Å². The molecule has 1 heterocycles. The van der Waals surface area contributed by atoms with Crippen LogP contribution in [0.1, 0.15) is 5.56 Å². The predicted octanol–water partition coefficient (Wildman–Crippen LogP) is -2.24. The van der Waals surface area contributed by atoms with Crippen molar-refractivity contribution in [1.82, 2.24) is 4.98 Å². The van der Waals surface area contributed by atoms with Crippen LogP contribution in [-0.2, 0) is 0 Å². The normalized spacial score (nSPS) is 7.00. The Hall–Kier alpha value is 0.276. The average molecular weight is 142 g/mol. The standard InChI is InChI=1S/C6H3N2.K/c7-4-6-2-1-3-8-5-6;/h2-3,5H;/q-1;+1. The maximum absolute atomic E-state index is 8.23. The number of aromatic nitrogens is 1. The van der Waals surface area contributed by atoms with E-state index in [1.165, 1.54) is 12.4 Å². The van der Waals surface area contributed by atoms with E-state index in [1.54, 1.807) is 6.07 Å². The molecule has 1 aromatic heterocycles. The summed E-state index contributed by atoms with van der Waals surface area (Å²) in [4.78, 5) is 3.68. The molecular weight excluding hydrogens is 139 g/mol. The van der Waals surface area contributed by atoms with E-state index in [4.69, 9.17) is 5.26 Å². The Morgan fingerprint density at radius 2 is 2.44 bits per heavy atom. The molecule has 0 aliphatic rings. The summed E-state index contributed by atoms with van der Waals surface area (Å²) in [5.41, 5.74) is 0.549. The van der Waals surface area contributed by atoms with Gasteiger partial charge in [0.2, 0.25) is 0 Å². The van der Waals surface area contributed by atoms with Gasteiger partial charge in [-0.3, -0.25) is 0 Å². The number of nitriles is 1. The molecule has 0 saturated heterocycles. The first-order chi connectivity index (χ1) is 3.93. The van der Waals surface area contributed by atoms with Gasteiger partial charge in [-0.2, -0.15) is 0 Å². The Bertz CT molecular complexity index is 202. The number of pyridine rings is 1. The van der Waals surface area contributed by atoms with Gasteiger partial charge in [-0.25, -0.2) is 17.4 Å². The van der Waals surface area contributed by atoms with Crippen molar-refractivity contribution in [3.8, 4) is 6.07 Å². The maximum atomic E-state index is 8.23. The van der Waals surface area contributed by atoms with E-state index in [0.29, 0.717) is 5.56 Å². The first-order valence-corrected chi connectivity index (χ1v) is 2.14. The Morgan fingerprint density at radius 3 is 2.78 bits per heavy atom. The average Bonchev–Trinajstić information content (AvgIpc) is 1.90. The van der Waals surface area contributed by atoms with Gasteiger partial charge in [-0.05, 0) is 6.20 Å². The van der Waals surface area contributed by atoms with Crippen molar-refractivity contribution >= 4 is 0 Å². The summed E-state index contributed by atoms with van der Waals surface area (Å²) >= 11 is 0. The van der Waals surface area contributed by atoms with E-state index in [9.17, 15) is 0 Å². The van der Waals surface area contributed by atoms with Gasteiger partial charge in [0.15, 0.2) is 0 Å². The molecule has 0 bridgehead atoms. The van der Waals surface area contributed by atoms with Crippen molar-refractivity contribution in [1.29, 1.82) is 5.26 Å². The van der Waals surface area contributed by atoms with Gasteiger partial charge in [0.1, 0.15) is 0 Å². The Labute approximate surface area is 96.3 Å². The van der Waals surface area contributed by atoms with Crippen LogP contribution >= 0.6 is 0 Å². The maximum Gasteiger partial charge on any atom is 1.00 e. The quantitative estimate of drug-likeness (QED) is 0.303. The second kappa shape index (κ2) is 5.09. The Morgan fingerprint density at radius 1 is 1.67 bits per heavy atom. The molecule has 0 radical (unpaired) electrons. The largest absolute Gasteiger partial charge is 1.00 e. The summed E-state index contributed by atoms with van der Waals surface area (Å²) in [5.74, 6) is 0. The fourth-order valence-corrected chi connectivity index (χ4v) is 0.386. The van der Waals surface area contributed by atoms with Crippen molar-refractivity contribution in [2.45, 2.75) is 0 Å². The van der Waals surface area contributed by atoms with Gasteiger partial charge in [0, 0.05) is 6.07 Å². The van der Waals surface area contributed by atoms with Crippen molar-refractivity contribution in [2.75, 3.05) is 0 Å². The fourth-order valence-electron chi connectivity index (χ4n) is 0.386. The summed E-state index contributed by atoms with van der Waals surface area (Å²) in [6.07, 6.45) is 3.01. The Kier molecular flexibility index (Phi) is 5.25. The molecule has 2 nitrogen and oxygen atoms in total. The van der Waals surface area contributed by atoms with Gasteiger partial charge in [-0.1, -0.05) is 11.8 Å². The molecular formula is C6H3KN2. The molecule has 0 N–H and O–H groups in total. The number of hydrogen-bond donors (Lipinski definition) is 0. The zero-order valence-corrected chi connectivity index (χ0v) is 8.25. The van der Waals surface area contributed by atoms with E-state index in [0.717, 1.165) is 0 Å². The minimum atomic E-state index is 0. The molecule has 0 aliphatic carbocycles. The van der Waals surface area contributed by atoms with Crippen LogP contribution in [-0.4, -0.2) is 4.98 Å². The van der Waals surface area contributed by atoms with Gasteiger partial charge in [0.25, 0.3) is 0 Å². The van der Waals surface area contributed by atoms with Crippen LogP contribution < -0.4 is 51.4 Å². The third kappa shape index (κ3) is 3.09. The van der Waals surface area contributed by atoms with Crippen LogP contribution in [0.2, 0.25) is 0 Å². The smallest absolute Gasteiger partial charge is 0.303 e. The van der Waals surface area contributed by atoms with Crippen molar-refractivity contribution in [3.63, 3.8) is 0 Å². The van der Waals surface area contributed by atoms with Crippen molar-refractivity contribution < 1.29 is 51.4 Å². The molecule has 0 saturated carbocycles. The fraction of sp³-hybridized carbons (Fsp3) is 0. The Balaban J connectivity index is 0.000000640. The molecule has 3 heteroatoms. The van der Waals surface area contributed by atoms with Gasteiger partial charge >= 0.3 is 51.4 Å². The first kappa shape index (κ1) is 9.28. The second-order valence-electron chi connectivity index (χ2n) is 1.29. The molecule has 0 spiro atoms. The zero-order valence-electron chi connectivity index (χ0n) is 5.13. The topological polar surface area (TPSA) is 36.7 Å². The zero-order chi connectivity index (χ0) is 5.82. The SMILES string of the molecule is N#Cc1c[c-]cnc1.[K+]. The molecule has 0 unspecified atom stereocenters. The van der Waals surface area contributed by atoms with Crippen LogP contribution in [0.3, 0.4) is 0 Å². The van der Waals surface area contributed by atoms with E-state index in [1.807, 2.05) is 6.07 Å². The number of rotatable bonds is 0. The minimum Gasteiger partial charge on any atom is -0.303 e. The molecule has 9 heavy (non-hydrogen) atoms. The van der Waals surface area contributed by atoms with E-state index in [-0.39, 0.29) is 51.4 Å². The third-order valence-electron chi connectivity index (χ3n) is 0.731. The van der Waals surface area contributed by atoms with Crippen LogP contribution in [0.4, 0.5) is 0 Å². The summed E-state index contributed by atoms with van der Waals surface area (Å²) < 4.78 is 0. The molecule has 0 amide bonds. The third-order valence-corrected chi connectivity index (χ3v) is 0.731. The minimum absolute atomic E-state index is 0. The summed E-state index contributed by atoms with van der Waals surface area (Å²) in [5, 5.41) is 8.23. The summed E-state index contributed by atoms with van der Waals surface area (Å²) in [6, 6.07) is 6.20. The predicted molar refractivity (Wildman–Crippen MR) is 27.8 cm³/mol. The molecule has 0 atom stereocenters. The monoisotopic (exact) mass is 142 g/mol. The number of nitrogens with zero attached hydrogens (tertiary/aromatic N) is 2. The summed E-state index contributed by atoms with van der Waals surface area (Å²) in [7, 11) is 0. The second-order valence-corrected chi connectivity index (χ2v) is 1.29. The van der Waals surface area contributed by atoms with Crippen LogP contribution in [0.25, 0.3) is 0 Å². The van der Waals surface area contributed by atoms with E-state index in [2.05, 4.69) is 11.1 Å². The molecule has 38 valence electrons. The summed E-state index contributed by atoms with van der Waals surface area (Å²) in [6.45, 7) is 0. The molecule has 1 aromatic rings. The van der Waals surface area contributed by atoms with Crippen molar-refractivity contribution in [2.24, 2.45) is 0 Å². The van der Waals surface area contributed by atoms with Crippen LogP contribution in [0.5, 0.6) is 0 Å². The number of hydrogen-bond acceptors (Lipinski definition) is 2. The van der Waals surface area contributed by atoms with Crippen LogP contribution in [0, 0.1) is 17.4 Å². The molecule has 0 fully saturated rings. The molecule has 1 rings (SSSR count). The van der Waals surface area contributed by atoms with E-state index >= 15 is 0 Å². The van der Waals surface area contributed by atoms with E-state index < -0.39 is 0 Å². The van der Waals surface area contributed by atoms with Crippen LogP contribution in [0.15, 0.2) is 18.5 Å². The molecule has 0 aliphatic heterocycles. The van der Waals surface area contributed by atoms with Gasteiger partial charge in [0.05, 0.1) is 0 Å². The first-order valence-electron chi connectivity index (χ1n) is 2.14.